The highest BCUT2D eigenvalue weighted by atomic mass is 16.3. The van der Waals surface area contributed by atoms with Crippen LogP contribution in [0.3, 0.4) is 0 Å². The molecule has 1 aromatic carbocycles. The number of aromatic nitrogens is 2. The first-order valence-corrected chi connectivity index (χ1v) is 13.7. The number of rotatable bonds is 2. The molecular weight excluding hydrogens is 420 g/mol. The van der Waals surface area contributed by atoms with E-state index in [9.17, 15) is 5.11 Å². The highest BCUT2D eigenvalue weighted by Crippen LogP contribution is 2.75. The second-order valence-electron chi connectivity index (χ2n) is 12.5. The van der Waals surface area contributed by atoms with Crippen molar-refractivity contribution in [3.63, 3.8) is 0 Å². The average molecular weight is 457 g/mol. The van der Waals surface area contributed by atoms with Crippen LogP contribution >= 0.6 is 0 Å². The zero-order valence-electron chi connectivity index (χ0n) is 20.5. The summed E-state index contributed by atoms with van der Waals surface area (Å²) in [6.07, 6.45) is 10.6. The quantitative estimate of drug-likeness (QED) is 0.720. The van der Waals surface area contributed by atoms with Gasteiger partial charge in [0.25, 0.3) is 0 Å². The Hall–Kier alpha value is -2.14. The summed E-state index contributed by atoms with van der Waals surface area (Å²) in [6, 6.07) is 10.5. The average Bonchev–Trinajstić information content (AvgIpc) is 3.20. The first-order valence-electron chi connectivity index (χ1n) is 13.7. The van der Waals surface area contributed by atoms with Crippen molar-refractivity contribution in [2.24, 2.45) is 17.3 Å². The summed E-state index contributed by atoms with van der Waals surface area (Å²) in [5.74, 6) is 2.76. The minimum Gasteiger partial charge on any atom is -0.508 e. The summed E-state index contributed by atoms with van der Waals surface area (Å²) in [7, 11) is 0. The Morgan fingerprint density at radius 1 is 1.03 bits per heavy atom. The zero-order chi connectivity index (χ0) is 22.8. The number of likely N-dealkylation sites (tertiary alicyclic amines) is 1. The van der Waals surface area contributed by atoms with Crippen LogP contribution in [0.25, 0.3) is 0 Å². The molecule has 5 unspecified atom stereocenters. The number of benzene rings is 1. The fourth-order valence-corrected chi connectivity index (χ4v) is 10.3. The lowest BCUT2D eigenvalue weighted by Gasteiger charge is -2.68. The molecule has 6 aliphatic rings. The lowest BCUT2D eigenvalue weighted by molar-refractivity contribution is -0.115. The maximum atomic E-state index is 10.6. The fraction of sp³-hybridized carbons (Fsp3) is 0.655. The normalized spacial score (nSPS) is 40.1. The van der Waals surface area contributed by atoms with Crippen LogP contribution in [0.1, 0.15) is 67.5 Å². The lowest BCUT2D eigenvalue weighted by atomic mass is 9.43. The molecule has 34 heavy (non-hydrogen) atoms. The maximum absolute atomic E-state index is 10.6. The van der Waals surface area contributed by atoms with Crippen LogP contribution in [0.2, 0.25) is 0 Å². The molecule has 178 valence electrons. The minimum absolute atomic E-state index is 0.200. The Morgan fingerprint density at radius 2 is 1.85 bits per heavy atom. The first-order chi connectivity index (χ1) is 16.5. The van der Waals surface area contributed by atoms with Crippen LogP contribution in [-0.4, -0.2) is 51.2 Å². The molecule has 1 N–H and O–H groups in total. The SMILES string of the molecule is Cc1cc(C)nc(N2C[C@H]3CC45CCC2C3C42CCN(C3CCC3)C5Cc3ccc(O)cc32)n1. The molecule has 1 aromatic heterocycles. The number of hydrogen-bond donors (Lipinski definition) is 1. The fourth-order valence-electron chi connectivity index (χ4n) is 10.3. The van der Waals surface area contributed by atoms with Gasteiger partial charge in [-0.15, -0.1) is 0 Å². The molecule has 5 nitrogen and oxygen atoms in total. The summed E-state index contributed by atoms with van der Waals surface area (Å²) in [5.41, 5.74) is 5.76. The third kappa shape index (κ3) is 2.26. The zero-order valence-corrected chi connectivity index (χ0v) is 20.5. The van der Waals surface area contributed by atoms with Crippen LogP contribution in [-0.2, 0) is 11.8 Å². The molecule has 4 bridgehead atoms. The summed E-state index contributed by atoms with van der Waals surface area (Å²) < 4.78 is 0. The standard InChI is InChI=1S/C29H36N4O/c1-17-12-18(2)31-27(30-17)33-16-20-15-28-9-8-24(33)26(20)29(28)10-11-32(21-4-3-5-21)25(28)13-19-6-7-22(34)14-23(19)29/h6-7,12,14,20-21,24-26,34H,3-5,8-11,13,15-16H2,1-2H3/t20-,24?,25?,26?,28?,29?/m1/s1. The monoisotopic (exact) mass is 456 g/mol. The van der Waals surface area contributed by atoms with E-state index in [2.05, 4.69) is 41.8 Å². The smallest absolute Gasteiger partial charge is 0.226 e. The lowest BCUT2D eigenvalue weighted by Crippen LogP contribution is -2.71. The Labute approximate surface area is 202 Å². The minimum atomic E-state index is 0.200. The predicted molar refractivity (Wildman–Crippen MR) is 132 cm³/mol. The van der Waals surface area contributed by atoms with E-state index >= 15 is 0 Å². The molecule has 2 saturated heterocycles. The van der Waals surface area contributed by atoms with Crippen molar-refractivity contribution in [3.8, 4) is 5.75 Å². The third-order valence-electron chi connectivity index (χ3n) is 11.3. The number of aryl methyl sites for hydroxylation is 2. The molecular formula is C29H36N4O. The van der Waals surface area contributed by atoms with Gasteiger partial charge in [-0.2, -0.15) is 0 Å². The van der Waals surface area contributed by atoms with Gasteiger partial charge in [0.1, 0.15) is 5.75 Å². The van der Waals surface area contributed by atoms with Crippen molar-refractivity contribution >= 4 is 5.95 Å². The summed E-state index contributed by atoms with van der Waals surface area (Å²) in [5, 5.41) is 10.6. The van der Waals surface area contributed by atoms with Crippen LogP contribution in [0, 0.1) is 31.1 Å². The van der Waals surface area contributed by atoms with E-state index in [0.717, 1.165) is 29.9 Å². The summed E-state index contributed by atoms with van der Waals surface area (Å²) in [6.45, 7) is 6.54. The number of phenolic OH excluding ortho intramolecular Hbond substituents is 1. The second kappa shape index (κ2) is 6.54. The number of nitrogens with zero attached hydrogens (tertiary/aromatic N) is 4. The largest absolute Gasteiger partial charge is 0.508 e. The molecule has 0 amide bonds. The van der Waals surface area contributed by atoms with Gasteiger partial charge in [-0.25, -0.2) is 9.97 Å². The Balaban J connectivity index is 1.29. The van der Waals surface area contributed by atoms with Crippen molar-refractivity contribution < 1.29 is 5.11 Å². The van der Waals surface area contributed by atoms with E-state index in [0.29, 0.717) is 35.1 Å². The van der Waals surface area contributed by atoms with Gasteiger partial charge in [0.2, 0.25) is 5.95 Å². The molecule has 3 saturated carbocycles. The number of fused-ring (bicyclic) bond motifs is 1. The molecule has 3 heterocycles. The molecule has 6 atom stereocenters. The van der Waals surface area contributed by atoms with E-state index < -0.39 is 0 Å². The van der Waals surface area contributed by atoms with Gasteiger partial charge in [-0.05, 0) is 112 Å². The van der Waals surface area contributed by atoms with E-state index in [1.54, 1.807) is 0 Å². The molecule has 8 rings (SSSR count). The van der Waals surface area contributed by atoms with Gasteiger partial charge in [-0.1, -0.05) is 12.5 Å². The molecule has 5 fully saturated rings. The highest BCUT2D eigenvalue weighted by molar-refractivity contribution is 5.53. The van der Waals surface area contributed by atoms with Gasteiger partial charge < -0.3 is 10.0 Å². The summed E-state index contributed by atoms with van der Waals surface area (Å²) in [4.78, 5) is 15.4. The van der Waals surface area contributed by atoms with E-state index in [-0.39, 0.29) is 5.41 Å². The van der Waals surface area contributed by atoms with Crippen LogP contribution < -0.4 is 4.90 Å². The van der Waals surface area contributed by atoms with Gasteiger partial charge in [0.05, 0.1) is 0 Å². The van der Waals surface area contributed by atoms with E-state index in [4.69, 9.17) is 9.97 Å². The van der Waals surface area contributed by atoms with Crippen molar-refractivity contribution in [2.75, 3.05) is 18.0 Å². The number of anilines is 1. The Kier molecular flexibility index (Phi) is 3.87. The number of hydrogen-bond acceptors (Lipinski definition) is 5. The Morgan fingerprint density at radius 3 is 2.62 bits per heavy atom. The van der Waals surface area contributed by atoms with Crippen molar-refractivity contribution in [1.29, 1.82) is 0 Å². The van der Waals surface area contributed by atoms with Crippen molar-refractivity contribution in [3.05, 3.63) is 46.8 Å². The van der Waals surface area contributed by atoms with E-state index in [1.165, 1.54) is 69.0 Å². The van der Waals surface area contributed by atoms with Gasteiger partial charge in [0, 0.05) is 41.5 Å². The van der Waals surface area contributed by atoms with Gasteiger partial charge in [-0.3, -0.25) is 4.90 Å². The topological polar surface area (TPSA) is 52.5 Å². The van der Waals surface area contributed by atoms with Gasteiger partial charge in [0.15, 0.2) is 0 Å². The second-order valence-corrected chi connectivity index (χ2v) is 12.5. The Bertz CT molecular complexity index is 1170. The van der Waals surface area contributed by atoms with Crippen LogP contribution in [0.4, 0.5) is 5.95 Å². The van der Waals surface area contributed by atoms with Crippen molar-refractivity contribution in [2.45, 2.75) is 88.8 Å². The first kappa shape index (κ1) is 20.1. The third-order valence-corrected chi connectivity index (χ3v) is 11.3. The molecule has 4 aliphatic carbocycles. The van der Waals surface area contributed by atoms with Crippen molar-refractivity contribution in [1.82, 2.24) is 14.9 Å². The molecule has 0 radical (unpaired) electrons. The van der Waals surface area contributed by atoms with Crippen LogP contribution in [0.15, 0.2) is 24.3 Å². The van der Waals surface area contributed by atoms with Crippen LogP contribution in [0.5, 0.6) is 5.75 Å². The molecule has 5 heteroatoms. The number of phenols is 1. The maximum Gasteiger partial charge on any atom is 0.226 e. The van der Waals surface area contributed by atoms with Gasteiger partial charge >= 0.3 is 0 Å². The predicted octanol–water partition coefficient (Wildman–Crippen LogP) is 4.52. The molecule has 0 spiro atoms. The highest BCUT2D eigenvalue weighted by Gasteiger charge is 2.76. The molecule has 2 aromatic rings. The summed E-state index contributed by atoms with van der Waals surface area (Å²) >= 11 is 0. The number of piperidine rings is 1. The molecule has 2 aliphatic heterocycles. The van der Waals surface area contributed by atoms with E-state index in [1.807, 2.05) is 6.07 Å². The number of aromatic hydroxyl groups is 1.